The Labute approximate surface area is 130 Å². The van der Waals surface area contributed by atoms with Gasteiger partial charge < -0.3 is 5.32 Å². The molecule has 0 aliphatic carbocycles. The molecule has 0 saturated carbocycles. The van der Waals surface area contributed by atoms with Crippen LogP contribution >= 0.6 is 27.3 Å². The van der Waals surface area contributed by atoms with Gasteiger partial charge in [0, 0.05) is 30.6 Å². The van der Waals surface area contributed by atoms with Crippen molar-refractivity contribution in [1.82, 2.24) is 14.8 Å². The van der Waals surface area contributed by atoms with Crippen LogP contribution in [-0.4, -0.2) is 21.3 Å². The molecule has 2 aromatic heterocycles. The minimum Gasteiger partial charge on any atom is -0.382 e. The van der Waals surface area contributed by atoms with E-state index >= 15 is 0 Å². The highest BCUT2D eigenvalue weighted by Crippen LogP contribution is 2.16. The van der Waals surface area contributed by atoms with Crippen molar-refractivity contribution in [3.8, 4) is 0 Å². The summed E-state index contributed by atoms with van der Waals surface area (Å²) in [4.78, 5) is 16.4. The van der Waals surface area contributed by atoms with Gasteiger partial charge in [-0.2, -0.15) is 5.10 Å². The summed E-state index contributed by atoms with van der Waals surface area (Å²) in [5.74, 6) is 0. The first kappa shape index (κ1) is 15.2. The zero-order valence-corrected chi connectivity index (χ0v) is 13.9. The molecule has 0 aromatic carbocycles. The van der Waals surface area contributed by atoms with Crippen LogP contribution < -0.4 is 10.9 Å². The van der Waals surface area contributed by atoms with Gasteiger partial charge >= 0.3 is 0 Å². The van der Waals surface area contributed by atoms with E-state index in [9.17, 15) is 4.79 Å². The molecule has 5 nitrogen and oxygen atoms in total. The van der Waals surface area contributed by atoms with Gasteiger partial charge in [0.2, 0.25) is 0 Å². The monoisotopic (exact) mass is 356 g/mol. The molecule has 108 valence electrons. The Balaban J connectivity index is 1.99. The molecule has 1 N–H and O–H groups in total. The molecule has 0 fully saturated rings. The van der Waals surface area contributed by atoms with E-state index < -0.39 is 0 Å². The molecule has 2 rings (SSSR count). The molecule has 0 atom stereocenters. The Morgan fingerprint density at radius 1 is 1.50 bits per heavy atom. The molecular formula is C13H17BrN4OS. The SMILES string of the molecule is CCCn1ncc(NCCc2nc(C)cs2)c(Br)c1=O. The predicted octanol–water partition coefficient (Wildman–Crippen LogP) is 2.84. The third-order valence-electron chi connectivity index (χ3n) is 2.74. The van der Waals surface area contributed by atoms with Crippen LogP contribution in [0.2, 0.25) is 0 Å². The van der Waals surface area contributed by atoms with Crippen molar-refractivity contribution in [3.63, 3.8) is 0 Å². The summed E-state index contributed by atoms with van der Waals surface area (Å²) in [7, 11) is 0. The Kier molecular flexibility index (Phi) is 5.31. The van der Waals surface area contributed by atoms with Crippen molar-refractivity contribution in [1.29, 1.82) is 0 Å². The molecule has 0 saturated heterocycles. The summed E-state index contributed by atoms with van der Waals surface area (Å²) in [6.45, 7) is 5.37. The highest BCUT2D eigenvalue weighted by molar-refractivity contribution is 9.10. The molecule has 0 amide bonds. The predicted molar refractivity (Wildman–Crippen MR) is 85.5 cm³/mol. The molecule has 0 radical (unpaired) electrons. The molecule has 0 bridgehead atoms. The van der Waals surface area contributed by atoms with Crippen molar-refractivity contribution in [2.75, 3.05) is 11.9 Å². The molecule has 0 aliphatic rings. The molecule has 0 spiro atoms. The number of rotatable bonds is 6. The zero-order chi connectivity index (χ0) is 14.5. The summed E-state index contributed by atoms with van der Waals surface area (Å²) in [6.07, 6.45) is 3.41. The fourth-order valence-corrected chi connectivity index (χ4v) is 3.00. The summed E-state index contributed by atoms with van der Waals surface area (Å²) in [5, 5.41) is 10.5. The maximum atomic E-state index is 12.0. The Bertz CT molecular complexity index is 638. The van der Waals surface area contributed by atoms with Crippen LogP contribution in [0.5, 0.6) is 0 Å². The summed E-state index contributed by atoms with van der Waals surface area (Å²) in [5.41, 5.74) is 1.69. The fourth-order valence-electron chi connectivity index (χ4n) is 1.78. The first-order chi connectivity index (χ1) is 9.61. The average molecular weight is 357 g/mol. The third kappa shape index (κ3) is 3.67. The maximum Gasteiger partial charge on any atom is 0.283 e. The van der Waals surface area contributed by atoms with E-state index in [1.54, 1.807) is 17.5 Å². The quantitative estimate of drug-likeness (QED) is 0.864. The summed E-state index contributed by atoms with van der Waals surface area (Å²) >= 11 is 5.00. The summed E-state index contributed by atoms with van der Waals surface area (Å²) in [6, 6.07) is 0. The third-order valence-corrected chi connectivity index (χ3v) is 4.53. The Hall–Kier alpha value is -1.21. The fraction of sp³-hybridized carbons (Fsp3) is 0.462. The molecule has 20 heavy (non-hydrogen) atoms. The molecular weight excluding hydrogens is 340 g/mol. The molecule has 2 aromatic rings. The van der Waals surface area contributed by atoms with Gasteiger partial charge in [-0.15, -0.1) is 11.3 Å². The van der Waals surface area contributed by atoms with Crippen molar-refractivity contribution in [3.05, 3.63) is 37.1 Å². The van der Waals surface area contributed by atoms with Gasteiger partial charge in [0.1, 0.15) is 4.47 Å². The van der Waals surface area contributed by atoms with E-state index in [1.165, 1.54) is 4.68 Å². The van der Waals surface area contributed by atoms with Gasteiger partial charge in [-0.05, 0) is 29.3 Å². The van der Waals surface area contributed by atoms with Crippen LogP contribution in [0, 0.1) is 6.92 Å². The number of aromatic nitrogens is 3. The lowest BCUT2D eigenvalue weighted by atomic mass is 10.4. The number of nitrogens with one attached hydrogen (secondary N) is 1. The number of halogens is 1. The number of aryl methyl sites for hydroxylation is 2. The van der Waals surface area contributed by atoms with E-state index in [0.717, 1.165) is 35.8 Å². The second-order valence-corrected chi connectivity index (χ2v) is 6.20. The lowest BCUT2D eigenvalue weighted by molar-refractivity contribution is 0.566. The minimum atomic E-state index is -0.0954. The van der Waals surface area contributed by atoms with E-state index in [-0.39, 0.29) is 5.56 Å². The van der Waals surface area contributed by atoms with Crippen molar-refractivity contribution >= 4 is 33.0 Å². The smallest absolute Gasteiger partial charge is 0.283 e. The highest BCUT2D eigenvalue weighted by atomic mass is 79.9. The largest absolute Gasteiger partial charge is 0.382 e. The number of hydrogen-bond acceptors (Lipinski definition) is 5. The van der Waals surface area contributed by atoms with Crippen molar-refractivity contribution in [2.24, 2.45) is 0 Å². The van der Waals surface area contributed by atoms with Gasteiger partial charge in [-0.1, -0.05) is 6.92 Å². The Morgan fingerprint density at radius 3 is 2.95 bits per heavy atom. The van der Waals surface area contributed by atoms with Crippen LogP contribution in [0.25, 0.3) is 0 Å². The number of hydrogen-bond donors (Lipinski definition) is 1. The van der Waals surface area contributed by atoms with Crippen molar-refractivity contribution in [2.45, 2.75) is 33.2 Å². The first-order valence-corrected chi connectivity index (χ1v) is 8.19. The van der Waals surface area contributed by atoms with Crippen LogP contribution in [0.3, 0.4) is 0 Å². The lowest BCUT2D eigenvalue weighted by Gasteiger charge is -2.09. The second-order valence-electron chi connectivity index (χ2n) is 4.46. The van der Waals surface area contributed by atoms with Gasteiger partial charge in [-0.25, -0.2) is 9.67 Å². The van der Waals surface area contributed by atoms with E-state index in [1.807, 2.05) is 19.2 Å². The highest BCUT2D eigenvalue weighted by Gasteiger charge is 2.08. The lowest BCUT2D eigenvalue weighted by Crippen LogP contribution is -2.24. The average Bonchev–Trinajstić information content (AvgIpc) is 2.84. The Morgan fingerprint density at radius 2 is 2.30 bits per heavy atom. The normalized spacial score (nSPS) is 10.8. The first-order valence-electron chi connectivity index (χ1n) is 6.52. The van der Waals surface area contributed by atoms with E-state index in [2.05, 4.69) is 31.3 Å². The van der Waals surface area contributed by atoms with Crippen LogP contribution in [0.15, 0.2) is 20.8 Å². The number of nitrogens with zero attached hydrogens (tertiary/aromatic N) is 3. The van der Waals surface area contributed by atoms with Gasteiger partial charge in [0.05, 0.1) is 16.9 Å². The number of thiazole rings is 1. The zero-order valence-electron chi connectivity index (χ0n) is 11.5. The summed E-state index contributed by atoms with van der Waals surface area (Å²) < 4.78 is 2.01. The van der Waals surface area contributed by atoms with E-state index in [4.69, 9.17) is 0 Å². The van der Waals surface area contributed by atoms with Crippen LogP contribution in [0.1, 0.15) is 24.0 Å². The second kappa shape index (κ2) is 6.99. The molecule has 2 heterocycles. The topological polar surface area (TPSA) is 59.8 Å². The standard InChI is InChI=1S/C13H17BrN4OS/c1-3-6-18-13(19)12(14)10(7-16-18)15-5-4-11-17-9(2)8-20-11/h7-8,15H,3-6H2,1-2H3. The van der Waals surface area contributed by atoms with Gasteiger partial charge in [0.15, 0.2) is 0 Å². The number of anilines is 1. The van der Waals surface area contributed by atoms with Gasteiger partial charge in [0.25, 0.3) is 5.56 Å². The molecule has 0 aliphatic heterocycles. The molecule has 0 unspecified atom stereocenters. The van der Waals surface area contributed by atoms with Gasteiger partial charge in [-0.3, -0.25) is 4.79 Å². The maximum absolute atomic E-state index is 12.0. The van der Waals surface area contributed by atoms with Crippen LogP contribution in [-0.2, 0) is 13.0 Å². The molecule has 7 heteroatoms. The van der Waals surface area contributed by atoms with Crippen molar-refractivity contribution < 1.29 is 0 Å². The minimum absolute atomic E-state index is 0.0954. The van der Waals surface area contributed by atoms with Crippen LogP contribution in [0.4, 0.5) is 5.69 Å². The van der Waals surface area contributed by atoms with E-state index in [0.29, 0.717) is 11.0 Å².